The number of hydrogen-bond acceptors (Lipinski definition) is 6. The molecule has 0 saturated carbocycles. The third kappa shape index (κ3) is 5.86. The first-order valence-electron chi connectivity index (χ1n) is 10.3. The molecule has 0 radical (unpaired) electrons. The Morgan fingerprint density at radius 2 is 1.71 bits per heavy atom. The zero-order valence-corrected chi connectivity index (χ0v) is 19.5. The highest BCUT2D eigenvalue weighted by Crippen LogP contribution is 2.24. The Morgan fingerprint density at radius 3 is 2.44 bits per heavy atom. The second kappa shape index (κ2) is 11.0. The number of thioether (sulfide) groups is 1. The van der Waals surface area contributed by atoms with Gasteiger partial charge in [0.2, 0.25) is 11.1 Å². The van der Waals surface area contributed by atoms with Crippen LogP contribution in [0.25, 0.3) is 0 Å². The molecule has 7 nitrogen and oxygen atoms in total. The van der Waals surface area contributed by atoms with Gasteiger partial charge in [0.1, 0.15) is 6.61 Å². The van der Waals surface area contributed by atoms with Gasteiger partial charge in [-0.25, -0.2) is 9.07 Å². The van der Waals surface area contributed by atoms with Crippen LogP contribution in [0.15, 0.2) is 84.0 Å². The first-order chi connectivity index (χ1) is 16.5. The van der Waals surface area contributed by atoms with Crippen LogP contribution in [0.5, 0.6) is 5.75 Å². The number of halogens is 2. The third-order valence-corrected chi connectivity index (χ3v) is 6.10. The van der Waals surface area contributed by atoms with Gasteiger partial charge in [-0.05, 0) is 35.4 Å². The average molecular weight is 498 g/mol. The second-order valence-electron chi connectivity index (χ2n) is 7.24. The Hall–Kier alpha value is -3.56. The van der Waals surface area contributed by atoms with E-state index in [9.17, 15) is 9.18 Å². The number of nitrogens with zero attached hydrogens (tertiary/aromatic N) is 3. The summed E-state index contributed by atoms with van der Waals surface area (Å²) in [4.78, 5) is 12.8. The Bertz CT molecular complexity index is 1250. The van der Waals surface area contributed by atoms with Crippen LogP contribution in [0.3, 0.4) is 0 Å². The number of hydrogen-bond donors (Lipinski definition) is 2. The van der Waals surface area contributed by atoms with Gasteiger partial charge >= 0.3 is 0 Å². The molecule has 34 heavy (non-hydrogen) atoms. The molecule has 1 atom stereocenters. The van der Waals surface area contributed by atoms with Crippen LogP contribution in [-0.2, 0) is 11.4 Å². The lowest BCUT2D eigenvalue weighted by molar-refractivity contribution is -0.119. The van der Waals surface area contributed by atoms with Gasteiger partial charge in [0, 0.05) is 5.02 Å². The van der Waals surface area contributed by atoms with Crippen molar-refractivity contribution in [3.05, 3.63) is 107 Å². The van der Waals surface area contributed by atoms with Crippen molar-refractivity contribution >= 4 is 29.3 Å². The molecule has 1 heterocycles. The molecule has 0 aliphatic carbocycles. The highest BCUT2D eigenvalue weighted by atomic mass is 35.5. The van der Waals surface area contributed by atoms with Crippen molar-refractivity contribution in [2.75, 3.05) is 11.6 Å². The molecule has 174 valence electrons. The minimum absolute atomic E-state index is 0.0656. The number of rotatable bonds is 9. The Kier molecular flexibility index (Phi) is 7.66. The van der Waals surface area contributed by atoms with Gasteiger partial charge in [-0.2, -0.15) is 0 Å². The van der Waals surface area contributed by atoms with E-state index in [0.29, 0.717) is 16.0 Å². The van der Waals surface area contributed by atoms with E-state index in [-0.39, 0.29) is 30.1 Å². The lowest BCUT2D eigenvalue weighted by Gasteiger charge is -2.20. The molecule has 0 spiro atoms. The van der Waals surface area contributed by atoms with Crippen molar-refractivity contribution in [3.63, 3.8) is 0 Å². The predicted octanol–water partition coefficient (Wildman–Crippen LogP) is 4.36. The molecule has 0 aliphatic rings. The van der Waals surface area contributed by atoms with Crippen LogP contribution >= 0.6 is 23.4 Å². The van der Waals surface area contributed by atoms with Crippen molar-refractivity contribution in [2.45, 2.75) is 17.8 Å². The molecule has 4 aromatic rings. The Balaban J connectivity index is 1.39. The smallest absolute Gasteiger partial charge is 0.231 e. The number of para-hydroxylation sites is 1. The SMILES string of the molecule is Nn1c(COc2ccccc2F)nnc1SCC(=O)NC(c1ccccc1)c1ccc(Cl)cc1. The standard InChI is InChI=1S/C24H21ClFN5O2S/c25-18-12-10-17(11-13-18)23(16-6-2-1-3-7-16)28-22(32)15-34-24-30-29-21(31(24)27)14-33-20-9-5-4-8-19(20)26/h1-13,23H,14-15,27H2,(H,28,32). The van der Waals surface area contributed by atoms with Crippen LogP contribution in [-0.4, -0.2) is 26.5 Å². The van der Waals surface area contributed by atoms with Crippen LogP contribution in [0.4, 0.5) is 4.39 Å². The molecule has 10 heteroatoms. The third-order valence-electron chi connectivity index (χ3n) is 4.90. The van der Waals surface area contributed by atoms with E-state index < -0.39 is 5.82 Å². The van der Waals surface area contributed by atoms with E-state index >= 15 is 0 Å². The molecular weight excluding hydrogens is 477 g/mol. The number of amides is 1. The zero-order chi connectivity index (χ0) is 23.9. The van der Waals surface area contributed by atoms with Gasteiger partial charge in [0.05, 0.1) is 11.8 Å². The van der Waals surface area contributed by atoms with Crippen molar-refractivity contribution < 1.29 is 13.9 Å². The first-order valence-corrected chi connectivity index (χ1v) is 11.7. The van der Waals surface area contributed by atoms with E-state index in [1.54, 1.807) is 24.3 Å². The highest BCUT2D eigenvalue weighted by molar-refractivity contribution is 7.99. The molecule has 0 bridgehead atoms. The summed E-state index contributed by atoms with van der Waals surface area (Å²) in [6.07, 6.45) is 0. The monoisotopic (exact) mass is 497 g/mol. The summed E-state index contributed by atoms with van der Waals surface area (Å²) >= 11 is 7.16. The summed E-state index contributed by atoms with van der Waals surface area (Å²) in [7, 11) is 0. The maximum absolute atomic E-state index is 13.7. The number of benzene rings is 3. The Morgan fingerprint density at radius 1 is 1.03 bits per heavy atom. The minimum atomic E-state index is -0.481. The molecule has 1 aromatic heterocycles. The summed E-state index contributed by atoms with van der Waals surface area (Å²) in [5, 5.41) is 12.0. The first kappa shape index (κ1) is 23.6. The largest absolute Gasteiger partial charge is 0.482 e. The van der Waals surface area contributed by atoms with Crippen LogP contribution in [0.2, 0.25) is 5.02 Å². The molecule has 0 saturated heterocycles. The fraction of sp³-hybridized carbons (Fsp3) is 0.125. The quantitative estimate of drug-likeness (QED) is 0.263. The number of carbonyl (C=O) groups excluding carboxylic acids is 1. The molecular formula is C24H21ClFN5O2S. The average Bonchev–Trinajstić information content (AvgIpc) is 3.21. The molecule has 4 rings (SSSR count). The number of ether oxygens (including phenoxy) is 1. The number of nitrogens with one attached hydrogen (secondary N) is 1. The highest BCUT2D eigenvalue weighted by Gasteiger charge is 2.19. The normalized spacial score (nSPS) is 11.7. The maximum Gasteiger partial charge on any atom is 0.231 e. The van der Waals surface area contributed by atoms with Gasteiger partial charge in [0.15, 0.2) is 17.4 Å². The summed E-state index contributed by atoms with van der Waals surface area (Å²) in [5.74, 6) is 5.81. The second-order valence-corrected chi connectivity index (χ2v) is 8.62. The van der Waals surface area contributed by atoms with Crippen LogP contribution in [0, 0.1) is 5.82 Å². The summed E-state index contributed by atoms with van der Waals surface area (Å²) < 4.78 is 20.4. The van der Waals surface area contributed by atoms with Crippen LogP contribution in [0.1, 0.15) is 23.0 Å². The fourth-order valence-corrected chi connectivity index (χ4v) is 4.01. The van der Waals surface area contributed by atoms with Gasteiger partial charge in [-0.3, -0.25) is 4.79 Å². The lowest BCUT2D eigenvalue weighted by Crippen LogP contribution is -2.31. The molecule has 3 aromatic carbocycles. The van der Waals surface area contributed by atoms with Crippen molar-refractivity contribution in [2.24, 2.45) is 0 Å². The predicted molar refractivity (Wildman–Crippen MR) is 130 cm³/mol. The number of nitrogen functional groups attached to an aromatic ring is 1. The summed E-state index contributed by atoms with van der Waals surface area (Å²) in [6.45, 7) is -0.0656. The van der Waals surface area contributed by atoms with Crippen molar-refractivity contribution in [1.82, 2.24) is 20.2 Å². The van der Waals surface area contributed by atoms with Crippen molar-refractivity contribution in [1.29, 1.82) is 0 Å². The van der Waals surface area contributed by atoms with E-state index in [1.807, 2.05) is 42.5 Å². The maximum atomic E-state index is 13.7. The topological polar surface area (TPSA) is 95.1 Å². The van der Waals surface area contributed by atoms with Crippen molar-refractivity contribution in [3.8, 4) is 5.75 Å². The zero-order valence-electron chi connectivity index (χ0n) is 17.9. The minimum Gasteiger partial charge on any atom is -0.482 e. The van der Waals surface area contributed by atoms with Gasteiger partial charge < -0.3 is 15.9 Å². The summed E-state index contributed by atoms with van der Waals surface area (Å²) in [5.41, 5.74) is 1.85. The van der Waals surface area contributed by atoms with E-state index in [1.165, 1.54) is 16.8 Å². The van der Waals surface area contributed by atoms with Crippen LogP contribution < -0.4 is 15.9 Å². The van der Waals surface area contributed by atoms with E-state index in [2.05, 4.69) is 15.5 Å². The molecule has 1 unspecified atom stereocenters. The fourth-order valence-electron chi connectivity index (χ4n) is 3.20. The Labute approximate surface area is 205 Å². The van der Waals surface area contributed by atoms with Gasteiger partial charge in [-0.1, -0.05) is 78.0 Å². The molecule has 0 aliphatic heterocycles. The lowest BCUT2D eigenvalue weighted by atomic mass is 9.99. The van der Waals surface area contributed by atoms with Gasteiger partial charge in [-0.15, -0.1) is 10.2 Å². The summed E-state index contributed by atoms with van der Waals surface area (Å²) in [6, 6.07) is 22.7. The number of aromatic nitrogens is 3. The molecule has 0 fully saturated rings. The number of carbonyl (C=O) groups is 1. The molecule has 1 amide bonds. The van der Waals surface area contributed by atoms with E-state index in [0.717, 1.165) is 22.9 Å². The number of nitrogens with two attached hydrogens (primary N) is 1. The molecule has 3 N–H and O–H groups in total. The van der Waals surface area contributed by atoms with E-state index in [4.69, 9.17) is 22.2 Å². The van der Waals surface area contributed by atoms with Gasteiger partial charge in [0.25, 0.3) is 0 Å².